The third-order valence-corrected chi connectivity index (χ3v) is 5.19. The van der Waals surface area contributed by atoms with Crippen LogP contribution in [0.15, 0.2) is 16.8 Å². The van der Waals surface area contributed by atoms with Crippen molar-refractivity contribution in [1.82, 2.24) is 25.2 Å². The molecular weight excluding hydrogens is 306 g/mol. The quantitative estimate of drug-likeness (QED) is 0.902. The van der Waals surface area contributed by atoms with Crippen molar-refractivity contribution in [3.63, 3.8) is 0 Å². The molecule has 0 spiro atoms. The first-order valence-electron chi connectivity index (χ1n) is 8.50. The lowest BCUT2D eigenvalue weighted by Crippen LogP contribution is -2.38. The van der Waals surface area contributed by atoms with Crippen LogP contribution in [0.25, 0.3) is 0 Å². The van der Waals surface area contributed by atoms with E-state index in [1.807, 2.05) is 31.6 Å². The van der Waals surface area contributed by atoms with E-state index >= 15 is 0 Å². The van der Waals surface area contributed by atoms with Gasteiger partial charge < -0.3 is 14.7 Å². The van der Waals surface area contributed by atoms with Crippen LogP contribution >= 0.6 is 0 Å². The van der Waals surface area contributed by atoms with Crippen LogP contribution in [-0.2, 0) is 18.4 Å². The summed E-state index contributed by atoms with van der Waals surface area (Å²) in [4.78, 5) is 14.7. The molecule has 2 fully saturated rings. The average Bonchev–Trinajstić information content (AvgIpc) is 3.10. The lowest BCUT2D eigenvalue weighted by molar-refractivity contribution is -0.129. The molecule has 1 N–H and O–H groups in total. The Balaban J connectivity index is 1.59. The lowest BCUT2D eigenvalue weighted by atomic mass is 10.0. The highest BCUT2D eigenvalue weighted by atomic mass is 16.5. The van der Waals surface area contributed by atoms with Crippen LogP contribution in [0.2, 0.25) is 0 Å². The molecule has 3 heterocycles. The molecule has 2 aliphatic rings. The van der Waals surface area contributed by atoms with Crippen LogP contribution in [0.4, 0.5) is 0 Å². The third kappa shape index (κ3) is 2.53. The Bertz CT molecular complexity index is 741. The Morgan fingerprint density at radius 3 is 2.75 bits per heavy atom. The fraction of sp³-hybridized carbons (Fsp3) is 0.588. The van der Waals surface area contributed by atoms with Gasteiger partial charge in [0.2, 0.25) is 5.91 Å². The summed E-state index contributed by atoms with van der Waals surface area (Å²) < 4.78 is 7.12. The number of likely N-dealkylation sites (tertiary alicyclic amines) is 1. The number of aromatic nitrogens is 3. The van der Waals surface area contributed by atoms with Crippen molar-refractivity contribution in [2.45, 2.75) is 57.8 Å². The van der Waals surface area contributed by atoms with Crippen LogP contribution in [0.3, 0.4) is 0 Å². The van der Waals surface area contributed by atoms with Gasteiger partial charge in [0.15, 0.2) is 0 Å². The van der Waals surface area contributed by atoms with Crippen LogP contribution in [-0.4, -0.2) is 37.8 Å². The summed E-state index contributed by atoms with van der Waals surface area (Å²) in [5.41, 5.74) is 3.07. The molecule has 128 valence electrons. The van der Waals surface area contributed by atoms with Gasteiger partial charge in [-0.15, -0.1) is 0 Å². The topological polar surface area (TPSA) is 76.2 Å². The predicted octanol–water partition coefficient (Wildman–Crippen LogP) is 1.62. The monoisotopic (exact) mass is 329 g/mol. The SMILES string of the molecule is Cc1noc(C)c1CN[C@@H]1CC(=O)N(C2CC2)[C@H]1c1ccnn1C. The summed E-state index contributed by atoms with van der Waals surface area (Å²) in [6.45, 7) is 4.53. The Morgan fingerprint density at radius 1 is 1.38 bits per heavy atom. The molecule has 4 rings (SSSR count). The van der Waals surface area contributed by atoms with Crippen molar-refractivity contribution < 1.29 is 9.32 Å². The van der Waals surface area contributed by atoms with Gasteiger partial charge in [-0.1, -0.05) is 5.16 Å². The highest BCUT2D eigenvalue weighted by Gasteiger charge is 2.48. The molecule has 0 bridgehead atoms. The van der Waals surface area contributed by atoms with Gasteiger partial charge >= 0.3 is 0 Å². The maximum absolute atomic E-state index is 12.6. The highest BCUT2D eigenvalue weighted by molar-refractivity contribution is 5.81. The van der Waals surface area contributed by atoms with Crippen molar-refractivity contribution in [3.8, 4) is 0 Å². The zero-order chi connectivity index (χ0) is 16.8. The molecule has 2 atom stereocenters. The minimum atomic E-state index is 0.0398. The maximum atomic E-state index is 12.6. The van der Waals surface area contributed by atoms with Crippen molar-refractivity contribution >= 4 is 5.91 Å². The van der Waals surface area contributed by atoms with Gasteiger partial charge in [0.25, 0.3) is 0 Å². The molecule has 0 aromatic carbocycles. The first-order valence-corrected chi connectivity index (χ1v) is 8.50. The molecule has 0 unspecified atom stereocenters. The van der Waals surface area contributed by atoms with E-state index in [9.17, 15) is 4.79 Å². The average molecular weight is 329 g/mol. The van der Waals surface area contributed by atoms with E-state index < -0.39 is 0 Å². The first-order chi connectivity index (χ1) is 11.6. The van der Waals surface area contributed by atoms with E-state index in [1.165, 1.54) is 0 Å². The highest BCUT2D eigenvalue weighted by Crippen LogP contribution is 2.41. The Morgan fingerprint density at radius 2 is 2.17 bits per heavy atom. The fourth-order valence-electron chi connectivity index (χ4n) is 3.73. The maximum Gasteiger partial charge on any atom is 0.225 e. The summed E-state index contributed by atoms with van der Waals surface area (Å²) >= 11 is 0. The van der Waals surface area contributed by atoms with Gasteiger partial charge in [0, 0.05) is 43.9 Å². The van der Waals surface area contributed by atoms with Gasteiger partial charge in [0.1, 0.15) is 5.76 Å². The summed E-state index contributed by atoms with van der Waals surface area (Å²) in [6, 6.07) is 2.52. The van der Waals surface area contributed by atoms with Crippen LogP contribution in [0.5, 0.6) is 0 Å². The Labute approximate surface area is 141 Å². The number of amides is 1. The second kappa shape index (κ2) is 5.73. The van der Waals surface area contributed by atoms with Crippen LogP contribution < -0.4 is 5.32 Å². The molecule has 2 aromatic rings. The predicted molar refractivity (Wildman–Crippen MR) is 87.0 cm³/mol. The number of rotatable bonds is 5. The second-order valence-corrected chi connectivity index (χ2v) is 6.85. The van der Waals surface area contributed by atoms with E-state index in [0.717, 1.165) is 35.6 Å². The van der Waals surface area contributed by atoms with E-state index in [1.54, 1.807) is 6.20 Å². The number of aryl methyl sites for hydroxylation is 3. The molecule has 1 aliphatic carbocycles. The molecule has 1 saturated carbocycles. The molecular formula is C17H23N5O2. The fourth-order valence-corrected chi connectivity index (χ4v) is 3.73. The molecule has 7 nitrogen and oxygen atoms in total. The van der Waals surface area contributed by atoms with E-state index in [4.69, 9.17) is 4.52 Å². The molecule has 1 saturated heterocycles. The number of hydrogen-bond acceptors (Lipinski definition) is 5. The van der Waals surface area contributed by atoms with Crippen molar-refractivity contribution in [2.75, 3.05) is 0 Å². The number of carbonyl (C=O) groups is 1. The smallest absolute Gasteiger partial charge is 0.225 e. The lowest BCUT2D eigenvalue weighted by Gasteiger charge is -2.29. The van der Waals surface area contributed by atoms with Crippen molar-refractivity contribution in [1.29, 1.82) is 0 Å². The van der Waals surface area contributed by atoms with Crippen LogP contribution in [0.1, 0.15) is 48.0 Å². The Kier molecular flexibility index (Phi) is 3.68. The van der Waals surface area contributed by atoms with Gasteiger partial charge in [-0.25, -0.2) is 0 Å². The van der Waals surface area contributed by atoms with Crippen LogP contribution in [0, 0.1) is 13.8 Å². The van der Waals surface area contributed by atoms with Crippen molar-refractivity contribution in [3.05, 3.63) is 35.0 Å². The number of nitrogens with one attached hydrogen (secondary N) is 1. The van der Waals surface area contributed by atoms with Gasteiger partial charge in [-0.2, -0.15) is 5.10 Å². The molecule has 24 heavy (non-hydrogen) atoms. The van der Waals surface area contributed by atoms with E-state index in [-0.39, 0.29) is 18.0 Å². The van der Waals surface area contributed by atoms with Gasteiger partial charge in [0.05, 0.1) is 17.4 Å². The van der Waals surface area contributed by atoms with Gasteiger partial charge in [-0.05, 0) is 32.8 Å². The van der Waals surface area contributed by atoms with E-state index in [0.29, 0.717) is 19.0 Å². The standard InChI is InChI=1S/C17H23N5O2/c1-10-13(11(2)24-20-10)9-18-14-8-16(23)22(12-4-5-12)17(14)15-6-7-19-21(15)3/h6-7,12,14,17-18H,4-5,8-9H2,1-3H3/t14-,17-/m1/s1. The summed E-state index contributed by atoms with van der Waals surface area (Å²) in [5.74, 6) is 1.07. The summed E-state index contributed by atoms with van der Waals surface area (Å²) in [7, 11) is 1.94. The molecule has 1 aliphatic heterocycles. The third-order valence-electron chi connectivity index (χ3n) is 5.19. The first kappa shape index (κ1) is 15.4. The second-order valence-electron chi connectivity index (χ2n) is 6.85. The largest absolute Gasteiger partial charge is 0.361 e. The number of carbonyl (C=O) groups excluding carboxylic acids is 1. The molecule has 1 amide bonds. The summed E-state index contributed by atoms with van der Waals surface area (Å²) in [6.07, 6.45) is 4.54. The molecule has 2 aromatic heterocycles. The molecule has 0 radical (unpaired) electrons. The minimum absolute atomic E-state index is 0.0398. The number of nitrogens with zero attached hydrogens (tertiary/aromatic N) is 4. The van der Waals surface area contributed by atoms with Gasteiger partial charge in [-0.3, -0.25) is 9.48 Å². The molecule has 7 heteroatoms. The number of hydrogen-bond donors (Lipinski definition) is 1. The van der Waals surface area contributed by atoms with E-state index in [2.05, 4.69) is 20.5 Å². The normalized spacial score (nSPS) is 24.1. The zero-order valence-corrected chi connectivity index (χ0v) is 14.3. The summed E-state index contributed by atoms with van der Waals surface area (Å²) in [5, 5.41) is 11.9. The van der Waals surface area contributed by atoms with Crippen molar-refractivity contribution in [2.24, 2.45) is 7.05 Å². The zero-order valence-electron chi connectivity index (χ0n) is 14.3. The Hall–Kier alpha value is -2.15. The minimum Gasteiger partial charge on any atom is -0.361 e.